The Kier molecular flexibility index (Phi) is 7.76. The van der Waals surface area contributed by atoms with E-state index in [1.807, 2.05) is 42.5 Å². The highest BCUT2D eigenvalue weighted by molar-refractivity contribution is 6.83. The second-order valence-corrected chi connectivity index (χ2v) is 21.4. The Hall–Kier alpha value is -4.61. The van der Waals surface area contributed by atoms with Crippen LogP contribution < -0.4 is 0 Å². The first-order chi connectivity index (χ1) is 23.5. The van der Waals surface area contributed by atoms with E-state index in [0.29, 0.717) is 38.7 Å². The molecule has 5 aromatic rings. The molecule has 0 aliphatic carbocycles. The number of imide groups is 2. The molecule has 0 N–H and O–H groups in total. The molecule has 7 nitrogen and oxygen atoms in total. The van der Waals surface area contributed by atoms with Crippen LogP contribution in [0.3, 0.4) is 0 Å². The number of carbonyl (C=O) groups excluding carboxylic acids is 4. The molecule has 2 aliphatic rings. The lowest BCUT2D eigenvalue weighted by Gasteiger charge is -2.39. The van der Waals surface area contributed by atoms with Crippen LogP contribution in [0, 0.1) is 29.4 Å². The fourth-order valence-electron chi connectivity index (χ4n) is 8.97. The van der Waals surface area contributed by atoms with Gasteiger partial charge in [0.1, 0.15) is 0 Å². The SMILES string of the molecule is CC(C)C(C(C)C)N1C(=O)c2ccc3c4ccc5c6c(cc([N+]#C[Si](C)(C)C)c(c7ccc(c2c37)C1=O)c64)C(=O)N(C(C(C)C)C(C)C)C5=O. The second kappa shape index (κ2) is 11.5. The second-order valence-electron chi connectivity index (χ2n) is 16.7. The summed E-state index contributed by atoms with van der Waals surface area (Å²) >= 11 is 0. The summed E-state index contributed by atoms with van der Waals surface area (Å²) in [4.78, 5) is 65.4. The Morgan fingerprint density at radius 3 is 1.30 bits per heavy atom. The molecular formula is C42H46N3O4Si+. The predicted octanol–water partition coefficient (Wildman–Crippen LogP) is 10.1. The Balaban J connectivity index is 1.61. The first-order valence-electron chi connectivity index (χ1n) is 17.9. The number of carbonyl (C=O) groups is 4. The maximum absolute atomic E-state index is 14.5. The Morgan fingerprint density at radius 1 is 0.500 bits per heavy atom. The summed E-state index contributed by atoms with van der Waals surface area (Å²) in [5.41, 5.74) is 5.99. The first-order valence-corrected chi connectivity index (χ1v) is 21.4. The molecule has 0 spiro atoms. The molecule has 5 aromatic carbocycles. The zero-order valence-corrected chi connectivity index (χ0v) is 32.0. The molecule has 7 rings (SSSR count). The molecular weight excluding hydrogens is 639 g/mol. The van der Waals surface area contributed by atoms with Gasteiger partial charge in [-0.2, -0.15) is 0 Å². The van der Waals surface area contributed by atoms with Crippen molar-refractivity contribution in [3.63, 3.8) is 0 Å². The lowest BCUT2D eigenvalue weighted by atomic mass is 9.80. The van der Waals surface area contributed by atoms with E-state index >= 15 is 0 Å². The van der Waals surface area contributed by atoms with Crippen molar-refractivity contribution in [1.29, 1.82) is 0 Å². The van der Waals surface area contributed by atoms with E-state index in [0.717, 1.165) is 32.3 Å². The number of fused-ring (bicyclic) bond motifs is 2. The van der Waals surface area contributed by atoms with Crippen molar-refractivity contribution >= 4 is 80.5 Å². The number of rotatable bonds is 6. The quantitative estimate of drug-likeness (QED) is 0.0772. The van der Waals surface area contributed by atoms with Crippen molar-refractivity contribution in [1.82, 2.24) is 9.80 Å². The van der Waals surface area contributed by atoms with Crippen LogP contribution in [0.5, 0.6) is 0 Å². The van der Waals surface area contributed by atoms with Gasteiger partial charge in [0.05, 0.1) is 10.9 Å². The van der Waals surface area contributed by atoms with Crippen molar-refractivity contribution in [2.45, 2.75) is 87.1 Å². The highest BCUT2D eigenvalue weighted by Crippen LogP contribution is 2.50. The molecule has 0 radical (unpaired) electrons. The van der Waals surface area contributed by atoms with E-state index < -0.39 is 8.07 Å². The Morgan fingerprint density at radius 2 is 0.880 bits per heavy atom. The van der Waals surface area contributed by atoms with Gasteiger partial charge in [0.15, 0.2) is 0 Å². The number of benzene rings is 5. The highest BCUT2D eigenvalue weighted by Gasteiger charge is 2.44. The Bertz CT molecular complexity index is 2350. The van der Waals surface area contributed by atoms with Crippen LogP contribution in [0.25, 0.3) is 47.9 Å². The molecule has 4 amide bonds. The third-order valence-corrected chi connectivity index (χ3v) is 11.4. The molecule has 256 valence electrons. The van der Waals surface area contributed by atoms with E-state index in [2.05, 4.69) is 80.7 Å². The average Bonchev–Trinajstić information content (AvgIpc) is 3.03. The number of hydrogen-bond acceptors (Lipinski definition) is 4. The molecule has 8 heteroatoms. The molecule has 0 saturated carbocycles. The zero-order valence-electron chi connectivity index (χ0n) is 31.0. The topological polar surface area (TPSA) is 79.1 Å². The minimum absolute atomic E-state index is 0.0687. The molecule has 2 heterocycles. The van der Waals surface area contributed by atoms with Crippen LogP contribution in [0.2, 0.25) is 19.6 Å². The minimum Gasteiger partial charge on any atom is -0.271 e. The van der Waals surface area contributed by atoms with E-state index in [1.165, 1.54) is 9.80 Å². The van der Waals surface area contributed by atoms with Gasteiger partial charge in [-0.3, -0.25) is 29.0 Å². The van der Waals surface area contributed by atoms with Gasteiger partial charge < -0.3 is 0 Å². The summed E-state index contributed by atoms with van der Waals surface area (Å²) in [5, 5.41) is 6.25. The number of hydrogen-bond donors (Lipinski definition) is 0. The van der Waals surface area contributed by atoms with Crippen molar-refractivity contribution in [2.75, 3.05) is 0 Å². The molecule has 0 unspecified atom stereocenters. The molecule has 0 fully saturated rings. The zero-order chi connectivity index (χ0) is 36.3. The van der Waals surface area contributed by atoms with Crippen LogP contribution in [0.4, 0.5) is 5.69 Å². The monoisotopic (exact) mass is 684 g/mol. The molecule has 0 saturated heterocycles. The van der Waals surface area contributed by atoms with Gasteiger partial charge in [0.2, 0.25) is 13.8 Å². The van der Waals surface area contributed by atoms with E-state index in [9.17, 15) is 19.2 Å². The number of nitrogens with zero attached hydrogens (tertiary/aromatic N) is 3. The van der Waals surface area contributed by atoms with Crippen LogP contribution in [0.1, 0.15) is 96.8 Å². The lowest BCUT2D eigenvalue weighted by Crippen LogP contribution is -2.51. The number of amides is 4. The largest absolute Gasteiger partial charge is 0.348 e. The van der Waals surface area contributed by atoms with Crippen molar-refractivity contribution < 1.29 is 19.2 Å². The van der Waals surface area contributed by atoms with E-state index in [1.54, 1.807) is 0 Å². The lowest BCUT2D eigenvalue weighted by molar-refractivity contribution is 0.0423. The van der Waals surface area contributed by atoms with Crippen molar-refractivity contribution in [3.05, 3.63) is 69.6 Å². The van der Waals surface area contributed by atoms with Gasteiger partial charge in [-0.25, -0.2) is 0 Å². The van der Waals surface area contributed by atoms with Gasteiger partial charge in [-0.1, -0.05) is 93.2 Å². The fourth-order valence-corrected chi connectivity index (χ4v) is 9.43. The molecule has 2 aliphatic heterocycles. The summed E-state index contributed by atoms with van der Waals surface area (Å²) in [6.07, 6.45) is 0. The Labute approximate surface area is 294 Å². The van der Waals surface area contributed by atoms with Gasteiger partial charge in [-0.15, -0.1) is 0 Å². The molecule has 50 heavy (non-hydrogen) atoms. The van der Waals surface area contributed by atoms with Crippen LogP contribution in [-0.2, 0) is 0 Å². The van der Waals surface area contributed by atoms with Gasteiger partial charge in [-0.05, 0) is 68.3 Å². The van der Waals surface area contributed by atoms with Crippen LogP contribution >= 0.6 is 0 Å². The summed E-state index contributed by atoms with van der Waals surface area (Å²) in [7, 11) is -1.92. The van der Waals surface area contributed by atoms with E-state index in [-0.39, 0.29) is 59.4 Å². The van der Waals surface area contributed by atoms with E-state index in [4.69, 9.17) is 4.85 Å². The summed E-state index contributed by atoms with van der Waals surface area (Å²) < 4.78 is 0. The van der Waals surface area contributed by atoms with Gasteiger partial charge >= 0.3 is 5.69 Å². The molecule has 0 aromatic heterocycles. The van der Waals surface area contributed by atoms with Gasteiger partial charge in [0, 0.05) is 51.0 Å². The highest BCUT2D eigenvalue weighted by atomic mass is 28.3. The average molecular weight is 685 g/mol. The summed E-state index contributed by atoms with van der Waals surface area (Å²) in [5.74, 6) is -0.829. The fraction of sp³-hybridized carbons (Fsp3) is 0.405. The predicted molar refractivity (Wildman–Crippen MR) is 206 cm³/mol. The third-order valence-electron chi connectivity index (χ3n) is 10.6. The smallest absolute Gasteiger partial charge is 0.271 e. The normalized spacial score (nSPS) is 15.3. The minimum atomic E-state index is -1.92. The maximum Gasteiger partial charge on any atom is 0.348 e. The molecule has 0 atom stereocenters. The van der Waals surface area contributed by atoms with Crippen LogP contribution in [0.15, 0.2) is 42.5 Å². The van der Waals surface area contributed by atoms with Crippen LogP contribution in [-0.4, -0.2) is 53.6 Å². The maximum atomic E-state index is 14.5. The third kappa shape index (κ3) is 4.73. The standard InChI is InChI=1S/C42H46N3O4Si/c1-20(2)37(21(3)4)44-39(46)27-15-12-24-25-13-16-29-34-30(42(49)45(41(29)48)38(22(5)6)23(7)8)18-31(43-19-50(9,10)11)35(36(25)34)26-14-17-28(40(44)47)33(27)32(24)26/h12-18,20-23,37-38H,1-11H3/q+1. The van der Waals surface area contributed by atoms with Gasteiger partial charge in [0.25, 0.3) is 23.6 Å². The first kappa shape index (κ1) is 33.9. The van der Waals surface area contributed by atoms with Crippen molar-refractivity contribution in [3.8, 4) is 5.69 Å². The summed E-state index contributed by atoms with van der Waals surface area (Å²) in [6.45, 7) is 22.9. The molecule has 0 bridgehead atoms. The summed E-state index contributed by atoms with van der Waals surface area (Å²) in [6, 6.07) is 12.7. The van der Waals surface area contributed by atoms with Crippen molar-refractivity contribution in [2.24, 2.45) is 23.7 Å².